The monoisotopic (exact) mass is 229 g/mol. The quantitative estimate of drug-likeness (QED) is 0.797. The molecule has 0 unspecified atom stereocenters. The van der Waals surface area contributed by atoms with Gasteiger partial charge in [0.1, 0.15) is 5.75 Å². The zero-order valence-corrected chi connectivity index (χ0v) is 8.64. The molecule has 1 rings (SSSR count). The standard InChI is InChI=1S/C11H10F3NO/c1-16-10-7-8(3-2-6-15)4-5-9(10)11(12,13)14/h4-5,7H,2-3H2,1H3. The summed E-state index contributed by atoms with van der Waals surface area (Å²) in [5, 5.41) is 8.38. The molecule has 0 spiro atoms. The van der Waals surface area contributed by atoms with Crippen LogP contribution in [-0.4, -0.2) is 7.11 Å². The molecule has 0 atom stereocenters. The minimum Gasteiger partial charge on any atom is -0.496 e. The van der Waals surface area contributed by atoms with Gasteiger partial charge in [-0.2, -0.15) is 18.4 Å². The van der Waals surface area contributed by atoms with Crippen molar-refractivity contribution in [2.45, 2.75) is 19.0 Å². The number of rotatable bonds is 3. The predicted molar refractivity (Wildman–Crippen MR) is 51.9 cm³/mol. The van der Waals surface area contributed by atoms with Crippen molar-refractivity contribution >= 4 is 0 Å². The molecule has 2 nitrogen and oxygen atoms in total. The van der Waals surface area contributed by atoms with Crippen molar-refractivity contribution in [1.82, 2.24) is 0 Å². The van der Waals surface area contributed by atoms with E-state index in [9.17, 15) is 13.2 Å². The highest BCUT2D eigenvalue weighted by Crippen LogP contribution is 2.36. The Bertz CT molecular complexity index is 407. The molecule has 1 aromatic rings. The molecule has 86 valence electrons. The maximum absolute atomic E-state index is 12.5. The third-order valence-electron chi connectivity index (χ3n) is 2.10. The lowest BCUT2D eigenvalue weighted by Gasteiger charge is -2.12. The van der Waals surface area contributed by atoms with E-state index in [1.165, 1.54) is 19.2 Å². The third kappa shape index (κ3) is 2.89. The topological polar surface area (TPSA) is 33.0 Å². The fourth-order valence-electron chi connectivity index (χ4n) is 1.33. The van der Waals surface area contributed by atoms with Gasteiger partial charge in [-0.25, -0.2) is 0 Å². The van der Waals surface area contributed by atoms with Gasteiger partial charge in [-0.3, -0.25) is 0 Å². The normalized spacial score (nSPS) is 10.9. The van der Waals surface area contributed by atoms with E-state index in [4.69, 9.17) is 5.26 Å². The Hall–Kier alpha value is -1.70. The lowest BCUT2D eigenvalue weighted by atomic mass is 10.1. The number of methoxy groups -OCH3 is 1. The van der Waals surface area contributed by atoms with Crippen LogP contribution in [0.4, 0.5) is 13.2 Å². The number of nitrogens with zero attached hydrogens (tertiary/aromatic N) is 1. The number of ether oxygens (including phenoxy) is 1. The summed E-state index contributed by atoms with van der Waals surface area (Å²) >= 11 is 0. The Morgan fingerprint density at radius 3 is 2.56 bits per heavy atom. The van der Waals surface area contributed by atoms with Crippen LogP contribution in [0.1, 0.15) is 17.5 Å². The summed E-state index contributed by atoms with van der Waals surface area (Å²) in [5.41, 5.74) is -0.137. The Morgan fingerprint density at radius 2 is 2.06 bits per heavy atom. The van der Waals surface area contributed by atoms with Gasteiger partial charge in [0.15, 0.2) is 0 Å². The highest BCUT2D eigenvalue weighted by molar-refractivity contribution is 5.39. The first kappa shape index (κ1) is 12.4. The van der Waals surface area contributed by atoms with Gasteiger partial charge < -0.3 is 4.74 Å². The van der Waals surface area contributed by atoms with Gasteiger partial charge in [-0.15, -0.1) is 0 Å². The number of hydrogen-bond acceptors (Lipinski definition) is 2. The number of benzene rings is 1. The van der Waals surface area contributed by atoms with E-state index in [1.54, 1.807) is 0 Å². The Morgan fingerprint density at radius 1 is 1.38 bits per heavy atom. The molecule has 0 bridgehead atoms. The van der Waals surface area contributed by atoms with Gasteiger partial charge in [0.25, 0.3) is 0 Å². The van der Waals surface area contributed by atoms with Crippen LogP contribution in [0.2, 0.25) is 0 Å². The first-order valence-corrected chi connectivity index (χ1v) is 4.60. The molecule has 5 heteroatoms. The molecule has 1 aromatic carbocycles. The van der Waals surface area contributed by atoms with Crippen LogP contribution in [0, 0.1) is 11.3 Å². The van der Waals surface area contributed by atoms with Gasteiger partial charge in [0.05, 0.1) is 18.7 Å². The summed E-state index contributed by atoms with van der Waals surface area (Å²) in [6.07, 6.45) is -3.72. The zero-order valence-electron chi connectivity index (χ0n) is 8.64. The maximum Gasteiger partial charge on any atom is 0.419 e. The second-order valence-corrected chi connectivity index (χ2v) is 3.19. The molecule has 0 amide bonds. The highest BCUT2D eigenvalue weighted by Gasteiger charge is 2.34. The average Bonchev–Trinajstić information content (AvgIpc) is 2.24. The average molecular weight is 229 g/mol. The molecule has 0 fully saturated rings. The number of aryl methyl sites for hydroxylation is 1. The van der Waals surface area contributed by atoms with Gasteiger partial charge in [-0.1, -0.05) is 6.07 Å². The van der Waals surface area contributed by atoms with E-state index in [2.05, 4.69) is 4.74 Å². The second kappa shape index (κ2) is 4.88. The van der Waals surface area contributed by atoms with Crippen molar-refractivity contribution in [2.75, 3.05) is 7.11 Å². The summed E-state index contributed by atoms with van der Waals surface area (Å²) in [6, 6.07) is 5.60. The third-order valence-corrected chi connectivity index (χ3v) is 2.10. The van der Waals surface area contributed by atoms with Crippen molar-refractivity contribution in [1.29, 1.82) is 5.26 Å². The molecule has 0 saturated heterocycles. The molecule has 0 radical (unpaired) electrons. The Balaban J connectivity index is 3.03. The maximum atomic E-state index is 12.5. The molecule has 0 heterocycles. The van der Waals surface area contributed by atoms with Crippen molar-refractivity contribution in [3.8, 4) is 11.8 Å². The fraction of sp³-hybridized carbons (Fsp3) is 0.364. The Kier molecular flexibility index (Phi) is 3.78. The van der Waals surface area contributed by atoms with E-state index in [-0.39, 0.29) is 12.2 Å². The molecule has 0 N–H and O–H groups in total. The molecule has 0 saturated carbocycles. The zero-order chi connectivity index (χ0) is 12.2. The lowest BCUT2D eigenvalue weighted by Crippen LogP contribution is -2.07. The smallest absolute Gasteiger partial charge is 0.419 e. The van der Waals surface area contributed by atoms with Crippen LogP contribution >= 0.6 is 0 Å². The van der Waals surface area contributed by atoms with Gasteiger partial charge >= 0.3 is 6.18 Å². The second-order valence-electron chi connectivity index (χ2n) is 3.19. The molecule has 16 heavy (non-hydrogen) atoms. The highest BCUT2D eigenvalue weighted by atomic mass is 19.4. The number of hydrogen-bond donors (Lipinski definition) is 0. The number of nitriles is 1. The summed E-state index contributed by atoms with van der Waals surface area (Å²) < 4.78 is 42.1. The van der Waals surface area contributed by atoms with E-state index >= 15 is 0 Å². The van der Waals surface area contributed by atoms with Gasteiger partial charge in [0.2, 0.25) is 0 Å². The van der Waals surface area contributed by atoms with Crippen LogP contribution in [-0.2, 0) is 12.6 Å². The first-order chi connectivity index (χ1) is 7.49. The van der Waals surface area contributed by atoms with E-state index in [0.29, 0.717) is 12.0 Å². The van der Waals surface area contributed by atoms with Crippen molar-refractivity contribution in [2.24, 2.45) is 0 Å². The SMILES string of the molecule is COc1cc(CCC#N)ccc1C(F)(F)F. The van der Waals surface area contributed by atoms with Crippen molar-refractivity contribution in [3.63, 3.8) is 0 Å². The first-order valence-electron chi connectivity index (χ1n) is 4.60. The summed E-state index contributed by atoms with van der Waals surface area (Å²) in [4.78, 5) is 0. The Labute approximate surface area is 91.3 Å². The minimum atomic E-state index is -4.42. The van der Waals surface area contributed by atoms with Crippen molar-refractivity contribution < 1.29 is 17.9 Å². The lowest BCUT2D eigenvalue weighted by molar-refractivity contribution is -0.138. The van der Waals surface area contributed by atoms with E-state index in [1.807, 2.05) is 6.07 Å². The van der Waals surface area contributed by atoms with Crippen LogP contribution in [0.5, 0.6) is 5.75 Å². The van der Waals surface area contributed by atoms with Crippen molar-refractivity contribution in [3.05, 3.63) is 29.3 Å². The van der Waals surface area contributed by atoms with Crippen LogP contribution in [0.15, 0.2) is 18.2 Å². The molecular formula is C11H10F3NO. The largest absolute Gasteiger partial charge is 0.496 e. The molecule has 0 aromatic heterocycles. The van der Waals surface area contributed by atoms with Crippen LogP contribution < -0.4 is 4.74 Å². The fourth-order valence-corrected chi connectivity index (χ4v) is 1.33. The molecule has 0 aliphatic heterocycles. The number of alkyl halides is 3. The number of halogens is 3. The molecule has 0 aliphatic rings. The van der Waals surface area contributed by atoms with E-state index < -0.39 is 11.7 Å². The predicted octanol–water partition coefficient (Wildman–Crippen LogP) is 3.17. The minimum absolute atomic E-state index is 0.206. The van der Waals surface area contributed by atoms with Crippen LogP contribution in [0.3, 0.4) is 0 Å². The molecular weight excluding hydrogens is 219 g/mol. The molecule has 0 aliphatic carbocycles. The van der Waals surface area contributed by atoms with Gasteiger partial charge in [0, 0.05) is 6.42 Å². The van der Waals surface area contributed by atoms with Gasteiger partial charge in [-0.05, 0) is 24.1 Å². The summed E-state index contributed by atoms with van der Waals surface area (Å²) in [7, 11) is 1.19. The van der Waals surface area contributed by atoms with E-state index in [0.717, 1.165) is 6.07 Å². The summed E-state index contributed by atoms with van der Waals surface area (Å²) in [6.45, 7) is 0. The van der Waals surface area contributed by atoms with Crippen LogP contribution in [0.25, 0.3) is 0 Å². The summed E-state index contributed by atoms with van der Waals surface area (Å²) in [5.74, 6) is -0.206.